The quantitative estimate of drug-likeness (QED) is 0.880. The molecule has 1 aliphatic rings. The average Bonchev–Trinajstić information content (AvgIpc) is 2.47. The lowest BCUT2D eigenvalue weighted by molar-refractivity contribution is 0.225. The van der Waals surface area contributed by atoms with Crippen LogP contribution in [0.15, 0.2) is 24.3 Å². The van der Waals surface area contributed by atoms with Gasteiger partial charge in [0.05, 0.1) is 0 Å². The van der Waals surface area contributed by atoms with E-state index in [9.17, 15) is 0 Å². The minimum absolute atomic E-state index is 0.684. The Bertz CT molecular complexity index is 398. The average molecular weight is 274 g/mol. The van der Waals surface area contributed by atoms with Gasteiger partial charge in [-0.2, -0.15) is 0 Å². The van der Waals surface area contributed by atoms with Crippen molar-refractivity contribution >= 4 is 5.69 Å². The van der Waals surface area contributed by atoms with Crippen LogP contribution in [0.3, 0.4) is 0 Å². The van der Waals surface area contributed by atoms with E-state index in [0.717, 1.165) is 24.8 Å². The van der Waals surface area contributed by atoms with Crippen LogP contribution in [0.4, 0.5) is 5.69 Å². The maximum Gasteiger partial charge on any atom is 0.0363 e. The molecule has 1 fully saturated rings. The Kier molecular flexibility index (Phi) is 5.47. The van der Waals surface area contributed by atoms with Crippen molar-refractivity contribution in [3.05, 3.63) is 29.8 Å². The molecule has 0 spiro atoms. The smallest absolute Gasteiger partial charge is 0.0363 e. The van der Waals surface area contributed by atoms with Crippen LogP contribution in [0.25, 0.3) is 0 Å². The molecular weight excluding hydrogens is 244 g/mol. The fourth-order valence-electron chi connectivity index (χ4n) is 3.52. The molecule has 1 N–H and O–H groups in total. The second-order valence-corrected chi connectivity index (χ2v) is 6.47. The maximum absolute atomic E-state index is 3.52. The Morgan fingerprint density at radius 2 is 1.90 bits per heavy atom. The molecule has 20 heavy (non-hydrogen) atoms. The summed E-state index contributed by atoms with van der Waals surface area (Å²) in [4.78, 5) is 2.42. The molecule has 1 saturated carbocycles. The Hall–Kier alpha value is -1.02. The molecule has 2 heteroatoms. The zero-order chi connectivity index (χ0) is 14.5. The van der Waals surface area contributed by atoms with E-state index in [0.29, 0.717) is 6.04 Å². The first-order chi connectivity index (χ1) is 9.63. The Morgan fingerprint density at radius 1 is 1.20 bits per heavy atom. The summed E-state index contributed by atoms with van der Waals surface area (Å²) in [5.41, 5.74) is 2.76. The van der Waals surface area contributed by atoms with Crippen molar-refractivity contribution in [1.82, 2.24) is 5.32 Å². The fourth-order valence-corrected chi connectivity index (χ4v) is 3.52. The minimum Gasteiger partial charge on any atom is -0.374 e. The van der Waals surface area contributed by atoms with Crippen LogP contribution in [-0.4, -0.2) is 26.7 Å². The van der Waals surface area contributed by atoms with Gasteiger partial charge >= 0.3 is 0 Å². The van der Waals surface area contributed by atoms with E-state index in [1.54, 1.807) is 0 Å². The van der Waals surface area contributed by atoms with Gasteiger partial charge < -0.3 is 10.2 Å². The van der Waals surface area contributed by atoms with Crippen LogP contribution in [0.5, 0.6) is 0 Å². The largest absolute Gasteiger partial charge is 0.374 e. The van der Waals surface area contributed by atoms with Crippen LogP contribution in [0.1, 0.15) is 38.7 Å². The number of hydrogen-bond donors (Lipinski definition) is 1. The number of nitrogens with zero attached hydrogens (tertiary/aromatic N) is 1. The summed E-state index contributed by atoms with van der Waals surface area (Å²) in [6, 6.07) is 9.72. The van der Waals surface area contributed by atoms with Gasteiger partial charge in [-0.1, -0.05) is 26.0 Å². The van der Waals surface area contributed by atoms with Gasteiger partial charge in [0.1, 0.15) is 0 Å². The maximum atomic E-state index is 3.52. The molecule has 112 valence electrons. The molecule has 0 bridgehead atoms. The summed E-state index contributed by atoms with van der Waals surface area (Å²) in [7, 11) is 4.34. The van der Waals surface area contributed by atoms with Gasteiger partial charge in [0, 0.05) is 25.3 Å². The van der Waals surface area contributed by atoms with Crippen molar-refractivity contribution in [3.8, 4) is 0 Å². The third kappa shape index (κ3) is 3.76. The molecule has 1 aliphatic carbocycles. The van der Waals surface area contributed by atoms with E-state index in [1.165, 1.54) is 30.5 Å². The van der Waals surface area contributed by atoms with E-state index in [-0.39, 0.29) is 0 Å². The lowest BCUT2D eigenvalue weighted by Gasteiger charge is -2.37. The standard InChI is InChI=1S/C18H30N2/c1-5-15-7-9-17(10-8-15)20(4)13-16-12-14(2)6-11-18(16)19-3/h7-10,14,16,18-19H,5-6,11-13H2,1-4H3. The van der Waals surface area contributed by atoms with Crippen LogP contribution in [0.2, 0.25) is 0 Å². The van der Waals surface area contributed by atoms with E-state index in [4.69, 9.17) is 0 Å². The molecule has 2 rings (SSSR count). The van der Waals surface area contributed by atoms with Crippen molar-refractivity contribution in [2.24, 2.45) is 11.8 Å². The lowest BCUT2D eigenvalue weighted by atomic mass is 9.78. The molecule has 1 aromatic carbocycles. The SMILES string of the molecule is CCc1ccc(N(C)CC2CC(C)CCC2NC)cc1. The monoisotopic (exact) mass is 274 g/mol. The summed E-state index contributed by atoms with van der Waals surface area (Å²) < 4.78 is 0. The molecule has 0 radical (unpaired) electrons. The number of anilines is 1. The number of benzene rings is 1. The first-order valence-corrected chi connectivity index (χ1v) is 8.11. The summed E-state index contributed by atoms with van der Waals surface area (Å²) in [6.45, 7) is 5.76. The predicted molar refractivity (Wildman–Crippen MR) is 88.4 cm³/mol. The number of aryl methyl sites for hydroxylation is 1. The summed E-state index contributed by atoms with van der Waals surface area (Å²) >= 11 is 0. The summed E-state index contributed by atoms with van der Waals surface area (Å²) in [6.07, 6.45) is 5.16. The van der Waals surface area contributed by atoms with E-state index in [2.05, 4.69) is 62.4 Å². The van der Waals surface area contributed by atoms with Crippen molar-refractivity contribution in [1.29, 1.82) is 0 Å². The highest BCUT2D eigenvalue weighted by Gasteiger charge is 2.28. The van der Waals surface area contributed by atoms with Gasteiger partial charge in [0.15, 0.2) is 0 Å². The van der Waals surface area contributed by atoms with Crippen LogP contribution >= 0.6 is 0 Å². The first-order valence-electron chi connectivity index (χ1n) is 8.11. The van der Waals surface area contributed by atoms with Crippen LogP contribution in [0, 0.1) is 11.8 Å². The van der Waals surface area contributed by atoms with Gasteiger partial charge in [-0.15, -0.1) is 0 Å². The molecule has 0 aliphatic heterocycles. The highest BCUT2D eigenvalue weighted by atomic mass is 15.1. The topological polar surface area (TPSA) is 15.3 Å². The Labute approximate surface area is 124 Å². The third-order valence-electron chi connectivity index (χ3n) is 4.91. The van der Waals surface area contributed by atoms with Crippen LogP contribution in [-0.2, 0) is 6.42 Å². The van der Waals surface area contributed by atoms with Crippen molar-refractivity contribution in [3.63, 3.8) is 0 Å². The van der Waals surface area contributed by atoms with Crippen LogP contribution < -0.4 is 10.2 Å². The molecule has 0 heterocycles. The van der Waals surface area contributed by atoms with Gasteiger partial charge in [-0.3, -0.25) is 0 Å². The lowest BCUT2D eigenvalue weighted by Crippen LogP contribution is -2.43. The van der Waals surface area contributed by atoms with E-state index in [1.807, 2.05) is 0 Å². The van der Waals surface area contributed by atoms with Crippen molar-refractivity contribution < 1.29 is 0 Å². The van der Waals surface area contributed by atoms with E-state index < -0.39 is 0 Å². The molecule has 0 amide bonds. The second-order valence-electron chi connectivity index (χ2n) is 6.47. The summed E-state index contributed by atoms with van der Waals surface area (Å²) in [5, 5.41) is 3.52. The molecule has 3 atom stereocenters. The van der Waals surface area contributed by atoms with Gasteiger partial charge in [0.25, 0.3) is 0 Å². The predicted octanol–water partition coefficient (Wildman–Crippen LogP) is 3.71. The number of hydrogen-bond acceptors (Lipinski definition) is 2. The van der Waals surface area contributed by atoms with Crippen molar-refractivity contribution in [2.45, 2.75) is 45.6 Å². The van der Waals surface area contributed by atoms with Gasteiger partial charge in [-0.25, -0.2) is 0 Å². The molecular formula is C18H30N2. The van der Waals surface area contributed by atoms with Gasteiger partial charge in [0.2, 0.25) is 0 Å². The highest BCUT2D eigenvalue weighted by Crippen LogP contribution is 2.30. The molecule has 0 aromatic heterocycles. The molecule has 1 aromatic rings. The Balaban J connectivity index is 1.99. The first kappa shape index (κ1) is 15.4. The zero-order valence-corrected chi connectivity index (χ0v) is 13.5. The van der Waals surface area contributed by atoms with Crippen molar-refractivity contribution in [2.75, 3.05) is 25.5 Å². The highest BCUT2D eigenvalue weighted by molar-refractivity contribution is 5.47. The number of nitrogens with one attached hydrogen (secondary N) is 1. The molecule has 0 saturated heterocycles. The number of rotatable bonds is 5. The minimum atomic E-state index is 0.684. The summed E-state index contributed by atoms with van der Waals surface area (Å²) in [5.74, 6) is 1.64. The van der Waals surface area contributed by atoms with E-state index >= 15 is 0 Å². The normalized spacial score (nSPS) is 26.5. The fraction of sp³-hybridized carbons (Fsp3) is 0.667. The second kappa shape index (κ2) is 7.12. The Morgan fingerprint density at radius 3 is 2.50 bits per heavy atom. The molecule has 2 nitrogen and oxygen atoms in total. The molecule has 3 unspecified atom stereocenters. The zero-order valence-electron chi connectivity index (χ0n) is 13.5. The third-order valence-corrected chi connectivity index (χ3v) is 4.91. The van der Waals surface area contributed by atoms with Gasteiger partial charge in [-0.05, 0) is 62.3 Å².